The Balaban J connectivity index is 1.62. The van der Waals surface area contributed by atoms with Crippen molar-refractivity contribution >= 4 is 5.82 Å². The van der Waals surface area contributed by atoms with Gasteiger partial charge in [-0.05, 0) is 26.7 Å². The molecule has 2 rings (SSSR count). The van der Waals surface area contributed by atoms with E-state index in [0.29, 0.717) is 19.3 Å². The number of aromatic nitrogens is 2. The fourth-order valence-corrected chi connectivity index (χ4v) is 2.05. The second-order valence-electron chi connectivity index (χ2n) is 4.58. The highest BCUT2D eigenvalue weighted by Crippen LogP contribution is 2.11. The van der Waals surface area contributed by atoms with Crippen molar-refractivity contribution in [2.24, 2.45) is 0 Å². The summed E-state index contributed by atoms with van der Waals surface area (Å²) in [5, 5.41) is 3.23. The maximum absolute atomic E-state index is 5.57. The fourth-order valence-electron chi connectivity index (χ4n) is 2.05. The third-order valence-electron chi connectivity index (χ3n) is 2.85. The first-order valence-corrected chi connectivity index (χ1v) is 6.49. The Hall–Kier alpha value is -1.20. The van der Waals surface area contributed by atoms with E-state index in [4.69, 9.17) is 9.47 Å². The van der Waals surface area contributed by atoms with Crippen LogP contribution in [0.25, 0.3) is 0 Å². The molecule has 0 aromatic carbocycles. The first-order valence-electron chi connectivity index (χ1n) is 6.49. The van der Waals surface area contributed by atoms with Crippen molar-refractivity contribution in [3.05, 3.63) is 17.6 Å². The predicted molar refractivity (Wildman–Crippen MR) is 69.8 cm³/mol. The predicted octanol–water partition coefficient (Wildman–Crippen LogP) is 1.70. The first kappa shape index (κ1) is 13.2. The maximum atomic E-state index is 5.57. The van der Waals surface area contributed by atoms with Crippen LogP contribution in [0.1, 0.15) is 24.4 Å². The molecule has 0 spiro atoms. The van der Waals surface area contributed by atoms with E-state index in [9.17, 15) is 0 Å². The number of hydrogen-bond donors (Lipinski definition) is 1. The SMILES string of the molecule is Cc1cc(NCCOCC2CCCO2)nc(C)n1. The lowest BCUT2D eigenvalue weighted by Crippen LogP contribution is -2.18. The van der Waals surface area contributed by atoms with E-state index < -0.39 is 0 Å². The Morgan fingerprint density at radius 3 is 3.06 bits per heavy atom. The summed E-state index contributed by atoms with van der Waals surface area (Å²) >= 11 is 0. The van der Waals surface area contributed by atoms with Crippen molar-refractivity contribution < 1.29 is 9.47 Å². The minimum atomic E-state index is 0.300. The highest BCUT2D eigenvalue weighted by Gasteiger charge is 2.14. The molecular formula is C13H21N3O2. The summed E-state index contributed by atoms with van der Waals surface area (Å²) in [5.74, 6) is 1.65. The quantitative estimate of drug-likeness (QED) is 0.780. The van der Waals surface area contributed by atoms with Crippen LogP contribution >= 0.6 is 0 Å². The molecule has 1 aromatic heterocycles. The zero-order valence-electron chi connectivity index (χ0n) is 11.1. The number of anilines is 1. The van der Waals surface area contributed by atoms with Crippen LogP contribution < -0.4 is 5.32 Å². The number of aryl methyl sites for hydroxylation is 2. The number of rotatable bonds is 6. The van der Waals surface area contributed by atoms with Gasteiger partial charge in [0.15, 0.2) is 0 Å². The van der Waals surface area contributed by atoms with Gasteiger partial charge in [-0.3, -0.25) is 0 Å². The molecule has 1 fully saturated rings. The summed E-state index contributed by atoms with van der Waals surface area (Å²) in [4.78, 5) is 8.54. The highest BCUT2D eigenvalue weighted by atomic mass is 16.5. The molecule has 5 nitrogen and oxygen atoms in total. The van der Waals surface area contributed by atoms with Gasteiger partial charge in [-0.15, -0.1) is 0 Å². The van der Waals surface area contributed by atoms with Crippen LogP contribution in [-0.2, 0) is 9.47 Å². The summed E-state index contributed by atoms with van der Waals surface area (Å²) in [6.45, 7) is 6.86. The molecule has 18 heavy (non-hydrogen) atoms. The van der Waals surface area contributed by atoms with E-state index in [0.717, 1.165) is 43.3 Å². The standard InChI is InChI=1S/C13H21N3O2/c1-10-8-13(16-11(2)15-10)14-5-7-17-9-12-4-3-6-18-12/h8,12H,3-7,9H2,1-2H3,(H,14,15,16). The molecule has 1 aromatic rings. The summed E-state index contributed by atoms with van der Waals surface area (Å²) in [6.07, 6.45) is 2.58. The van der Waals surface area contributed by atoms with Crippen molar-refractivity contribution in [3.8, 4) is 0 Å². The summed E-state index contributed by atoms with van der Waals surface area (Å²) < 4.78 is 11.1. The van der Waals surface area contributed by atoms with E-state index in [1.807, 2.05) is 19.9 Å². The van der Waals surface area contributed by atoms with Crippen LogP contribution in [0.4, 0.5) is 5.82 Å². The van der Waals surface area contributed by atoms with Gasteiger partial charge in [-0.2, -0.15) is 0 Å². The molecule has 1 aliphatic heterocycles. The molecule has 1 unspecified atom stereocenters. The van der Waals surface area contributed by atoms with Gasteiger partial charge in [0.25, 0.3) is 0 Å². The van der Waals surface area contributed by atoms with Crippen LogP contribution in [0, 0.1) is 13.8 Å². The monoisotopic (exact) mass is 251 g/mol. The van der Waals surface area contributed by atoms with E-state index in [2.05, 4.69) is 15.3 Å². The Bertz CT molecular complexity index is 358. The van der Waals surface area contributed by atoms with E-state index in [1.165, 1.54) is 0 Å². The molecule has 2 heterocycles. The Morgan fingerprint density at radius 1 is 1.44 bits per heavy atom. The van der Waals surface area contributed by atoms with Crippen molar-refractivity contribution in [3.63, 3.8) is 0 Å². The smallest absolute Gasteiger partial charge is 0.129 e. The van der Waals surface area contributed by atoms with E-state index in [1.54, 1.807) is 0 Å². The average Bonchev–Trinajstić information content (AvgIpc) is 2.80. The molecule has 1 atom stereocenters. The lowest BCUT2D eigenvalue weighted by Gasteiger charge is -2.11. The molecule has 100 valence electrons. The second-order valence-corrected chi connectivity index (χ2v) is 4.58. The van der Waals surface area contributed by atoms with Crippen LogP contribution in [0.15, 0.2) is 6.07 Å². The number of ether oxygens (including phenoxy) is 2. The van der Waals surface area contributed by atoms with Gasteiger partial charge in [0.2, 0.25) is 0 Å². The molecule has 0 amide bonds. The van der Waals surface area contributed by atoms with Gasteiger partial charge in [-0.1, -0.05) is 0 Å². The van der Waals surface area contributed by atoms with E-state index >= 15 is 0 Å². The number of hydrogen-bond acceptors (Lipinski definition) is 5. The molecule has 0 aliphatic carbocycles. The molecule has 0 radical (unpaired) electrons. The van der Waals surface area contributed by atoms with Crippen molar-refractivity contribution in [1.82, 2.24) is 9.97 Å². The molecule has 1 N–H and O–H groups in total. The minimum absolute atomic E-state index is 0.300. The topological polar surface area (TPSA) is 56.3 Å². The highest BCUT2D eigenvalue weighted by molar-refractivity contribution is 5.35. The molecular weight excluding hydrogens is 230 g/mol. The third-order valence-corrected chi connectivity index (χ3v) is 2.85. The van der Waals surface area contributed by atoms with Crippen molar-refractivity contribution in [2.45, 2.75) is 32.8 Å². The van der Waals surface area contributed by atoms with Crippen LogP contribution in [0.2, 0.25) is 0 Å². The Labute approximate surface area is 108 Å². The molecule has 5 heteroatoms. The molecule has 1 saturated heterocycles. The molecule has 0 bridgehead atoms. The zero-order valence-corrected chi connectivity index (χ0v) is 11.1. The second kappa shape index (κ2) is 6.66. The summed E-state index contributed by atoms with van der Waals surface area (Å²) in [6, 6.07) is 1.94. The molecule has 1 aliphatic rings. The first-order chi connectivity index (χ1) is 8.74. The van der Waals surface area contributed by atoms with Crippen LogP contribution in [-0.4, -0.2) is 42.4 Å². The minimum Gasteiger partial charge on any atom is -0.377 e. The van der Waals surface area contributed by atoms with Gasteiger partial charge in [-0.25, -0.2) is 9.97 Å². The number of nitrogens with zero attached hydrogens (tertiary/aromatic N) is 2. The zero-order chi connectivity index (χ0) is 12.8. The lowest BCUT2D eigenvalue weighted by atomic mass is 10.2. The fraction of sp³-hybridized carbons (Fsp3) is 0.692. The summed E-state index contributed by atoms with van der Waals surface area (Å²) in [7, 11) is 0. The van der Waals surface area contributed by atoms with Crippen molar-refractivity contribution in [2.75, 3.05) is 31.7 Å². The molecule has 0 saturated carbocycles. The number of nitrogens with one attached hydrogen (secondary N) is 1. The van der Waals surface area contributed by atoms with Gasteiger partial charge >= 0.3 is 0 Å². The van der Waals surface area contributed by atoms with Crippen LogP contribution in [0.5, 0.6) is 0 Å². The van der Waals surface area contributed by atoms with Gasteiger partial charge in [0, 0.05) is 24.9 Å². The average molecular weight is 251 g/mol. The van der Waals surface area contributed by atoms with Gasteiger partial charge in [0.1, 0.15) is 11.6 Å². The summed E-state index contributed by atoms with van der Waals surface area (Å²) in [5.41, 5.74) is 0.977. The largest absolute Gasteiger partial charge is 0.377 e. The van der Waals surface area contributed by atoms with Gasteiger partial charge < -0.3 is 14.8 Å². The maximum Gasteiger partial charge on any atom is 0.129 e. The third kappa shape index (κ3) is 4.23. The van der Waals surface area contributed by atoms with E-state index in [-0.39, 0.29) is 0 Å². The Kier molecular flexibility index (Phi) is 4.90. The van der Waals surface area contributed by atoms with Crippen molar-refractivity contribution in [1.29, 1.82) is 0 Å². The van der Waals surface area contributed by atoms with Crippen LogP contribution in [0.3, 0.4) is 0 Å². The normalized spacial score (nSPS) is 19.1. The lowest BCUT2D eigenvalue weighted by molar-refractivity contribution is 0.0206. The van der Waals surface area contributed by atoms with Gasteiger partial charge in [0.05, 0.1) is 19.3 Å². The Morgan fingerprint density at radius 2 is 2.33 bits per heavy atom.